The van der Waals surface area contributed by atoms with Crippen molar-refractivity contribution in [2.24, 2.45) is 0 Å². The number of rotatable bonds is 2. The summed E-state index contributed by atoms with van der Waals surface area (Å²) in [5.41, 5.74) is 0. The van der Waals surface area contributed by atoms with E-state index in [4.69, 9.17) is 20.5 Å². The third-order valence-electron chi connectivity index (χ3n) is 2.04. The molecule has 0 aromatic rings. The number of aliphatic hydroxyl groups excluding tert-OH is 4. The van der Waals surface area contributed by atoms with Crippen LogP contribution < -0.4 is 0 Å². The van der Waals surface area contributed by atoms with Crippen LogP contribution in [0, 0.1) is 0 Å². The maximum atomic E-state index is 9.21. The number of hydrogen-bond acceptors (Lipinski definition) is 6. The van der Waals surface area contributed by atoms with E-state index >= 15 is 0 Å². The zero-order chi connectivity index (χ0) is 9.30. The molecular weight excluding hydrogens is 166 g/mol. The lowest BCUT2D eigenvalue weighted by molar-refractivity contribution is -0.153. The van der Waals surface area contributed by atoms with Crippen molar-refractivity contribution < 1.29 is 25.6 Å². The van der Waals surface area contributed by atoms with Gasteiger partial charge in [-0.3, -0.25) is 0 Å². The van der Waals surface area contributed by atoms with E-state index in [1.807, 2.05) is 0 Å². The van der Waals surface area contributed by atoms with E-state index < -0.39 is 31.0 Å². The molecule has 1 rings (SSSR count). The molecule has 1 saturated heterocycles. The summed E-state index contributed by atoms with van der Waals surface area (Å²) in [6.07, 6.45) is -3.56. The van der Waals surface area contributed by atoms with Crippen molar-refractivity contribution in [3.63, 3.8) is 0 Å². The maximum absolute atomic E-state index is 9.21. The number of hydroxylamine groups is 2. The number of aliphatic hydroxyl groups is 4. The fourth-order valence-electron chi connectivity index (χ4n) is 1.36. The molecule has 0 radical (unpaired) electrons. The summed E-state index contributed by atoms with van der Waals surface area (Å²) in [5.74, 6) is 0. The molecule has 0 saturated carbocycles. The van der Waals surface area contributed by atoms with Crippen LogP contribution in [0.15, 0.2) is 0 Å². The molecule has 72 valence electrons. The van der Waals surface area contributed by atoms with E-state index in [1.54, 1.807) is 0 Å². The Morgan fingerprint density at radius 2 is 2.00 bits per heavy atom. The van der Waals surface area contributed by atoms with Gasteiger partial charge in [0.2, 0.25) is 0 Å². The molecule has 4 unspecified atom stereocenters. The minimum Gasteiger partial charge on any atom is -0.394 e. The van der Waals surface area contributed by atoms with Crippen LogP contribution in [0.3, 0.4) is 0 Å². The summed E-state index contributed by atoms with van der Waals surface area (Å²) < 4.78 is 0. The van der Waals surface area contributed by atoms with Crippen LogP contribution >= 0.6 is 0 Å². The summed E-state index contributed by atoms with van der Waals surface area (Å²) in [6.45, 7) is -0.686. The molecule has 1 fully saturated rings. The van der Waals surface area contributed by atoms with Gasteiger partial charge in [-0.05, 0) is 0 Å². The molecule has 6 heteroatoms. The van der Waals surface area contributed by atoms with Crippen LogP contribution in [0.2, 0.25) is 0 Å². The molecule has 1 aliphatic heterocycles. The predicted molar refractivity (Wildman–Crippen MR) is 37.4 cm³/mol. The van der Waals surface area contributed by atoms with E-state index in [0.29, 0.717) is 5.06 Å². The lowest BCUT2D eigenvalue weighted by Crippen LogP contribution is -2.45. The molecule has 0 spiro atoms. The van der Waals surface area contributed by atoms with Gasteiger partial charge in [0.1, 0.15) is 6.10 Å². The zero-order valence-corrected chi connectivity index (χ0v) is 6.41. The van der Waals surface area contributed by atoms with E-state index in [1.165, 1.54) is 0 Å². The average Bonchev–Trinajstić information content (AvgIpc) is 2.26. The molecule has 5 N–H and O–H groups in total. The highest BCUT2D eigenvalue weighted by atomic mass is 16.5. The van der Waals surface area contributed by atoms with Gasteiger partial charge in [0.05, 0.1) is 31.4 Å². The summed E-state index contributed by atoms with van der Waals surface area (Å²) >= 11 is 0. The monoisotopic (exact) mass is 179 g/mol. The normalized spacial score (nSPS) is 40.2. The molecule has 0 amide bonds. The summed E-state index contributed by atoms with van der Waals surface area (Å²) in [6, 6.07) is -1.01. The second-order valence-electron chi connectivity index (χ2n) is 2.92. The van der Waals surface area contributed by atoms with Crippen molar-refractivity contribution in [2.75, 3.05) is 13.2 Å². The SMILES string of the molecule is OCC(O)C1C(O)C(O)CN1O. The van der Waals surface area contributed by atoms with Gasteiger partial charge in [-0.15, -0.1) is 0 Å². The second kappa shape index (κ2) is 3.65. The van der Waals surface area contributed by atoms with Gasteiger partial charge in [0.15, 0.2) is 0 Å². The quantitative estimate of drug-likeness (QED) is 0.312. The molecule has 6 nitrogen and oxygen atoms in total. The molecular formula is C6H13NO5. The van der Waals surface area contributed by atoms with Crippen molar-refractivity contribution in [3.05, 3.63) is 0 Å². The molecule has 0 bridgehead atoms. The fourth-order valence-corrected chi connectivity index (χ4v) is 1.36. The van der Waals surface area contributed by atoms with Crippen molar-refractivity contribution >= 4 is 0 Å². The minimum atomic E-state index is -1.25. The van der Waals surface area contributed by atoms with Crippen LogP contribution in [0.5, 0.6) is 0 Å². The Morgan fingerprint density at radius 3 is 2.33 bits per heavy atom. The molecule has 0 aliphatic carbocycles. The summed E-state index contributed by atoms with van der Waals surface area (Å²) in [7, 11) is 0. The Labute approximate surface area is 69.2 Å². The molecule has 1 aliphatic rings. The Morgan fingerprint density at radius 1 is 1.42 bits per heavy atom. The molecule has 1 heterocycles. The lowest BCUT2D eigenvalue weighted by atomic mass is 10.1. The van der Waals surface area contributed by atoms with Gasteiger partial charge >= 0.3 is 0 Å². The molecule has 12 heavy (non-hydrogen) atoms. The number of nitrogens with zero attached hydrogens (tertiary/aromatic N) is 1. The van der Waals surface area contributed by atoms with Gasteiger partial charge in [-0.25, -0.2) is 0 Å². The van der Waals surface area contributed by atoms with E-state index in [2.05, 4.69) is 0 Å². The predicted octanol–water partition coefficient (Wildman–Crippen LogP) is -2.87. The molecule has 0 aromatic heterocycles. The summed E-state index contributed by atoms with van der Waals surface area (Å²) in [4.78, 5) is 0. The Bertz CT molecular complexity index is 151. The van der Waals surface area contributed by atoms with Crippen LogP contribution in [-0.4, -0.2) is 68.2 Å². The van der Waals surface area contributed by atoms with Crippen LogP contribution in [-0.2, 0) is 0 Å². The smallest absolute Gasteiger partial charge is 0.102 e. The van der Waals surface area contributed by atoms with Crippen LogP contribution in [0.25, 0.3) is 0 Å². The van der Waals surface area contributed by atoms with Gasteiger partial charge in [-0.1, -0.05) is 0 Å². The van der Waals surface area contributed by atoms with Gasteiger partial charge in [0, 0.05) is 0 Å². The van der Waals surface area contributed by atoms with E-state index in [0.717, 1.165) is 0 Å². The number of hydrogen-bond donors (Lipinski definition) is 5. The first-order valence-corrected chi connectivity index (χ1v) is 3.68. The average molecular weight is 179 g/mol. The highest BCUT2D eigenvalue weighted by Gasteiger charge is 2.43. The Hall–Kier alpha value is -0.240. The first-order chi connectivity index (χ1) is 5.57. The van der Waals surface area contributed by atoms with Crippen LogP contribution in [0.4, 0.5) is 0 Å². The largest absolute Gasteiger partial charge is 0.394 e. The molecule has 0 aromatic carbocycles. The van der Waals surface area contributed by atoms with Crippen molar-refractivity contribution in [3.8, 4) is 0 Å². The third kappa shape index (κ3) is 1.58. The Kier molecular flexibility index (Phi) is 2.99. The zero-order valence-electron chi connectivity index (χ0n) is 6.41. The van der Waals surface area contributed by atoms with Crippen molar-refractivity contribution in [1.29, 1.82) is 0 Å². The Balaban J connectivity index is 2.62. The highest BCUT2D eigenvalue weighted by molar-refractivity contribution is 4.93. The minimum absolute atomic E-state index is 0.122. The summed E-state index contributed by atoms with van der Waals surface area (Å²) in [5, 5.41) is 45.6. The highest BCUT2D eigenvalue weighted by Crippen LogP contribution is 2.19. The fraction of sp³-hybridized carbons (Fsp3) is 1.00. The second-order valence-corrected chi connectivity index (χ2v) is 2.92. The van der Waals surface area contributed by atoms with Crippen molar-refractivity contribution in [1.82, 2.24) is 5.06 Å². The first-order valence-electron chi connectivity index (χ1n) is 3.68. The lowest BCUT2D eigenvalue weighted by Gasteiger charge is -2.23. The topological polar surface area (TPSA) is 104 Å². The van der Waals surface area contributed by atoms with Gasteiger partial charge in [-0.2, -0.15) is 5.06 Å². The van der Waals surface area contributed by atoms with E-state index in [-0.39, 0.29) is 6.54 Å². The van der Waals surface area contributed by atoms with Gasteiger partial charge < -0.3 is 25.6 Å². The third-order valence-corrected chi connectivity index (χ3v) is 2.04. The molecule has 4 atom stereocenters. The van der Waals surface area contributed by atoms with Gasteiger partial charge in [0.25, 0.3) is 0 Å². The van der Waals surface area contributed by atoms with Crippen LogP contribution in [0.1, 0.15) is 0 Å². The van der Waals surface area contributed by atoms with E-state index in [9.17, 15) is 5.11 Å². The number of β-amino-alcohol motifs (C(OH)–C–C–N with tert-alkyl or cyclic N) is 1. The first kappa shape index (κ1) is 9.85. The van der Waals surface area contributed by atoms with Crippen molar-refractivity contribution in [2.45, 2.75) is 24.4 Å². The maximum Gasteiger partial charge on any atom is 0.102 e. The standard InChI is InChI=1S/C6H13NO5/c8-2-4(10)5-6(11)3(9)1-7(5)12/h3-6,8-12H,1-2H2.